The summed E-state index contributed by atoms with van der Waals surface area (Å²) in [5.41, 5.74) is -0.0424. The van der Waals surface area contributed by atoms with E-state index in [4.69, 9.17) is 14.2 Å². The van der Waals surface area contributed by atoms with Crippen LogP contribution in [0.25, 0.3) is 10.9 Å². The number of benzene rings is 1. The van der Waals surface area contributed by atoms with Crippen molar-refractivity contribution in [2.45, 2.75) is 32.2 Å². The number of carbonyl (C=O) groups is 1. The monoisotopic (exact) mass is 363 g/mol. The molecule has 7 heteroatoms. The van der Waals surface area contributed by atoms with Crippen LogP contribution in [0.3, 0.4) is 0 Å². The van der Waals surface area contributed by atoms with Gasteiger partial charge >= 0.3 is 5.97 Å². The number of methoxy groups -OCH3 is 1. The van der Waals surface area contributed by atoms with Crippen LogP contribution in [0, 0.1) is 5.82 Å². The van der Waals surface area contributed by atoms with E-state index in [2.05, 4.69) is 0 Å². The number of halogens is 1. The van der Waals surface area contributed by atoms with Gasteiger partial charge in [-0.1, -0.05) is 0 Å². The summed E-state index contributed by atoms with van der Waals surface area (Å²) >= 11 is 0. The summed E-state index contributed by atoms with van der Waals surface area (Å²) in [7, 11) is 1.56. The largest absolute Gasteiger partial charge is 0.491 e. The number of carbonyl (C=O) groups excluding carboxylic acids is 1. The van der Waals surface area contributed by atoms with Gasteiger partial charge in [-0.2, -0.15) is 0 Å². The molecule has 0 atom stereocenters. The highest BCUT2D eigenvalue weighted by Gasteiger charge is 2.28. The average Bonchev–Trinajstić information content (AvgIpc) is 3.45. The number of hydrogen-bond acceptors (Lipinski definition) is 5. The molecule has 0 unspecified atom stereocenters. The molecule has 6 nitrogen and oxygen atoms in total. The molecular formula is C19H22FNO5. The molecular weight excluding hydrogens is 341 g/mol. The molecule has 26 heavy (non-hydrogen) atoms. The lowest BCUT2D eigenvalue weighted by Gasteiger charge is -2.14. The lowest BCUT2D eigenvalue weighted by molar-refractivity contribution is 0.0466. The van der Waals surface area contributed by atoms with Crippen LogP contribution in [0.2, 0.25) is 0 Å². The lowest BCUT2D eigenvalue weighted by Crippen LogP contribution is -2.21. The number of ether oxygens (including phenoxy) is 3. The van der Waals surface area contributed by atoms with E-state index >= 15 is 0 Å². The number of pyridine rings is 1. The van der Waals surface area contributed by atoms with Gasteiger partial charge in [0.1, 0.15) is 5.56 Å². The zero-order valence-electron chi connectivity index (χ0n) is 14.9. The van der Waals surface area contributed by atoms with Crippen LogP contribution in [-0.2, 0) is 9.47 Å². The zero-order chi connectivity index (χ0) is 18.7. The first-order chi connectivity index (χ1) is 12.6. The van der Waals surface area contributed by atoms with Gasteiger partial charge in [-0.15, -0.1) is 0 Å². The smallest absolute Gasteiger partial charge is 0.343 e. The van der Waals surface area contributed by atoms with E-state index in [0.717, 1.165) is 18.9 Å². The Kier molecular flexibility index (Phi) is 5.56. The Labute approximate surface area is 150 Å². The highest BCUT2D eigenvalue weighted by atomic mass is 19.1. The fourth-order valence-corrected chi connectivity index (χ4v) is 2.86. The van der Waals surface area contributed by atoms with Crippen molar-refractivity contribution in [3.63, 3.8) is 0 Å². The van der Waals surface area contributed by atoms with Gasteiger partial charge in [0.2, 0.25) is 5.43 Å². The highest BCUT2D eigenvalue weighted by molar-refractivity contribution is 5.94. The van der Waals surface area contributed by atoms with Crippen LogP contribution >= 0.6 is 0 Å². The van der Waals surface area contributed by atoms with Crippen molar-refractivity contribution in [3.05, 3.63) is 39.9 Å². The second kappa shape index (κ2) is 7.86. The van der Waals surface area contributed by atoms with Gasteiger partial charge in [0, 0.05) is 43.8 Å². The van der Waals surface area contributed by atoms with E-state index in [1.807, 2.05) is 4.57 Å². The first-order valence-electron chi connectivity index (χ1n) is 8.74. The molecule has 0 aliphatic heterocycles. The molecule has 1 aliphatic rings. The number of fused-ring (bicyclic) bond motifs is 1. The summed E-state index contributed by atoms with van der Waals surface area (Å²) in [5, 5.41) is 0.157. The van der Waals surface area contributed by atoms with E-state index in [1.165, 1.54) is 12.3 Å². The molecule has 2 aromatic rings. The Hall–Kier alpha value is -2.41. The molecule has 1 saturated carbocycles. The molecule has 0 saturated heterocycles. The quantitative estimate of drug-likeness (QED) is 0.533. The average molecular weight is 363 g/mol. The van der Waals surface area contributed by atoms with E-state index in [0.29, 0.717) is 25.2 Å². The predicted octanol–water partition coefficient (Wildman–Crippen LogP) is 3.07. The Bertz CT molecular complexity index is 872. The van der Waals surface area contributed by atoms with Crippen molar-refractivity contribution in [1.82, 2.24) is 4.57 Å². The topological polar surface area (TPSA) is 66.8 Å². The summed E-state index contributed by atoms with van der Waals surface area (Å²) in [4.78, 5) is 25.1. The van der Waals surface area contributed by atoms with Crippen molar-refractivity contribution in [3.8, 4) is 5.75 Å². The van der Waals surface area contributed by atoms with E-state index in [1.54, 1.807) is 14.0 Å². The fourth-order valence-electron chi connectivity index (χ4n) is 2.86. The van der Waals surface area contributed by atoms with Crippen LogP contribution < -0.4 is 10.2 Å². The fraction of sp³-hybridized carbons (Fsp3) is 0.474. The maximum absolute atomic E-state index is 14.3. The minimum absolute atomic E-state index is 0.0784. The molecule has 0 bridgehead atoms. The number of hydrogen-bond donors (Lipinski definition) is 0. The number of esters is 1. The number of aromatic nitrogens is 1. The van der Waals surface area contributed by atoms with Crippen LogP contribution in [0.5, 0.6) is 5.75 Å². The molecule has 0 spiro atoms. The van der Waals surface area contributed by atoms with Gasteiger partial charge in [-0.25, -0.2) is 9.18 Å². The lowest BCUT2D eigenvalue weighted by atomic mass is 10.1. The Morgan fingerprint density at radius 2 is 2.08 bits per heavy atom. The van der Waals surface area contributed by atoms with Crippen molar-refractivity contribution < 1.29 is 23.4 Å². The molecule has 0 N–H and O–H groups in total. The molecule has 0 amide bonds. The molecule has 3 rings (SSSR count). The third-order valence-electron chi connectivity index (χ3n) is 4.27. The molecule has 0 radical (unpaired) electrons. The summed E-state index contributed by atoms with van der Waals surface area (Å²) in [6, 6.07) is 2.86. The summed E-state index contributed by atoms with van der Waals surface area (Å²) in [6.45, 7) is 2.70. The van der Waals surface area contributed by atoms with Crippen LogP contribution in [0.1, 0.15) is 42.6 Å². The van der Waals surface area contributed by atoms with Gasteiger partial charge < -0.3 is 18.8 Å². The minimum atomic E-state index is -0.698. The number of nitrogens with zero attached hydrogens (tertiary/aromatic N) is 1. The van der Waals surface area contributed by atoms with Crippen molar-refractivity contribution in [2.75, 3.05) is 26.9 Å². The Morgan fingerprint density at radius 3 is 2.73 bits per heavy atom. The van der Waals surface area contributed by atoms with E-state index < -0.39 is 17.2 Å². The van der Waals surface area contributed by atoms with Gasteiger partial charge in [-0.05, 0) is 25.8 Å². The normalized spacial score (nSPS) is 13.8. The van der Waals surface area contributed by atoms with Crippen LogP contribution in [-0.4, -0.2) is 37.5 Å². The second-order valence-corrected chi connectivity index (χ2v) is 6.23. The van der Waals surface area contributed by atoms with E-state index in [9.17, 15) is 14.0 Å². The maximum Gasteiger partial charge on any atom is 0.343 e. The molecule has 140 valence electrons. The maximum atomic E-state index is 14.3. The van der Waals surface area contributed by atoms with Gasteiger partial charge in [0.25, 0.3) is 0 Å². The van der Waals surface area contributed by atoms with Gasteiger partial charge in [0.05, 0.1) is 18.7 Å². The standard InChI is InChI=1S/C19H22FNO5/c1-3-25-17-10-16-13(9-15(17)20)18(22)14(11-21(16)12-5-6-12)19(23)26-8-4-7-24-2/h9-12H,3-8H2,1-2H3. The van der Waals surface area contributed by atoms with Crippen molar-refractivity contribution >= 4 is 16.9 Å². The van der Waals surface area contributed by atoms with Crippen molar-refractivity contribution in [2.24, 2.45) is 0 Å². The number of rotatable bonds is 8. The third kappa shape index (κ3) is 3.72. The van der Waals surface area contributed by atoms with Crippen LogP contribution in [0.15, 0.2) is 23.1 Å². The molecule has 1 heterocycles. The first-order valence-corrected chi connectivity index (χ1v) is 8.74. The van der Waals surface area contributed by atoms with Gasteiger partial charge in [0.15, 0.2) is 11.6 Å². The highest BCUT2D eigenvalue weighted by Crippen LogP contribution is 2.38. The van der Waals surface area contributed by atoms with Gasteiger partial charge in [-0.3, -0.25) is 4.79 Å². The molecule has 1 aliphatic carbocycles. The Balaban J connectivity index is 2.03. The summed E-state index contributed by atoms with van der Waals surface area (Å²) in [5.74, 6) is -1.22. The molecule has 1 aromatic carbocycles. The second-order valence-electron chi connectivity index (χ2n) is 6.23. The van der Waals surface area contributed by atoms with Crippen molar-refractivity contribution in [1.29, 1.82) is 0 Å². The third-order valence-corrected chi connectivity index (χ3v) is 4.27. The predicted molar refractivity (Wildman–Crippen MR) is 94.4 cm³/mol. The first kappa shape index (κ1) is 18.4. The Morgan fingerprint density at radius 1 is 1.31 bits per heavy atom. The molecule has 1 aromatic heterocycles. The zero-order valence-corrected chi connectivity index (χ0v) is 14.9. The van der Waals surface area contributed by atoms with E-state index in [-0.39, 0.29) is 29.3 Å². The minimum Gasteiger partial charge on any atom is -0.491 e. The van der Waals surface area contributed by atoms with Crippen LogP contribution in [0.4, 0.5) is 4.39 Å². The summed E-state index contributed by atoms with van der Waals surface area (Å²) in [6.07, 6.45) is 3.96. The molecule has 1 fully saturated rings. The SMILES string of the molecule is CCOc1cc2c(cc1F)c(=O)c(C(=O)OCCCOC)cn2C1CC1. The summed E-state index contributed by atoms with van der Waals surface area (Å²) < 4.78 is 31.5.